The van der Waals surface area contributed by atoms with Crippen LogP contribution in [0.5, 0.6) is 0 Å². The van der Waals surface area contributed by atoms with Crippen molar-refractivity contribution in [2.45, 2.75) is 6.92 Å². The second kappa shape index (κ2) is 3.31. The fourth-order valence-electron chi connectivity index (χ4n) is 0.413. The van der Waals surface area contributed by atoms with Gasteiger partial charge in [-0.15, -0.1) is 10.9 Å². The van der Waals surface area contributed by atoms with E-state index in [9.17, 15) is 0 Å². The molecule has 1 heterocycles. The Labute approximate surface area is 73.3 Å². The normalized spacial score (nSPS) is 8.25. The summed E-state index contributed by atoms with van der Waals surface area (Å²) in [5.41, 5.74) is 0.836. The van der Waals surface area contributed by atoms with E-state index in [0.717, 1.165) is 5.69 Å². The van der Waals surface area contributed by atoms with Crippen LogP contribution in [-0.2, 0) is 39.8 Å². The van der Waals surface area contributed by atoms with Crippen LogP contribution < -0.4 is 0 Å². The number of nitrogens with zero attached hydrogens (tertiary/aromatic N) is 3. The van der Waals surface area contributed by atoms with Gasteiger partial charge in [0.15, 0.2) is 0 Å². The van der Waals surface area contributed by atoms with Gasteiger partial charge in [-0.1, -0.05) is 6.92 Å². The van der Waals surface area contributed by atoms with Gasteiger partial charge in [0, 0.05) is 32.7 Å². The van der Waals surface area contributed by atoms with Crippen molar-refractivity contribution in [1.29, 1.82) is 0 Å². The van der Waals surface area contributed by atoms with Crippen molar-refractivity contribution >= 4 is 0 Å². The number of hydrogen-bond acceptors (Lipinski definition) is 2. The second-order valence-corrected chi connectivity index (χ2v) is 1.41. The molecule has 8 heavy (non-hydrogen) atoms. The molecule has 0 fully saturated rings. The van der Waals surface area contributed by atoms with E-state index < -0.39 is 0 Å². The first kappa shape index (κ1) is 8.24. The molecule has 0 atom stereocenters. The maximum atomic E-state index is 3.67. The van der Waals surface area contributed by atoms with E-state index in [4.69, 9.17) is 0 Å². The van der Waals surface area contributed by atoms with Crippen LogP contribution in [0.1, 0.15) is 5.69 Å². The van der Waals surface area contributed by atoms with Gasteiger partial charge in [0.2, 0.25) is 0 Å². The zero-order chi connectivity index (χ0) is 5.28. The summed E-state index contributed by atoms with van der Waals surface area (Å²) in [7, 11) is 1.79. The smallest absolute Gasteiger partial charge is 0 e. The molecule has 1 rings (SSSR count). The van der Waals surface area contributed by atoms with Crippen LogP contribution in [0.2, 0.25) is 0 Å². The Bertz CT molecular complexity index is 144. The van der Waals surface area contributed by atoms with Crippen LogP contribution in [-0.4, -0.2) is 15.0 Å². The molecule has 0 saturated heterocycles. The quantitative estimate of drug-likeness (QED) is 0.529. The molecule has 0 aliphatic heterocycles. The number of aromatic nitrogens is 3. The maximum Gasteiger partial charge on any atom is 0 e. The van der Waals surface area contributed by atoms with Crippen molar-refractivity contribution in [3.63, 3.8) is 0 Å². The summed E-state index contributed by atoms with van der Waals surface area (Å²) in [6.07, 6.45) is 2.83. The molecule has 41 valence electrons. The minimum Gasteiger partial charge on any atom is -0.429 e. The van der Waals surface area contributed by atoms with Crippen molar-refractivity contribution in [3.8, 4) is 0 Å². The first-order chi connectivity index (χ1) is 3.29. The third-order valence-corrected chi connectivity index (χ3v) is 0.652. The summed E-state index contributed by atoms with van der Waals surface area (Å²) >= 11 is 0. The van der Waals surface area contributed by atoms with Gasteiger partial charge in [-0.25, -0.2) is 0 Å². The van der Waals surface area contributed by atoms with E-state index >= 15 is 0 Å². The van der Waals surface area contributed by atoms with E-state index in [1.54, 1.807) is 11.7 Å². The summed E-state index contributed by atoms with van der Waals surface area (Å²) in [5.74, 6) is 0. The average molecular weight is 185 g/mol. The first-order valence-electron chi connectivity index (χ1n) is 2.04. The molecular weight excluding hydrogens is 179 g/mol. The first-order valence-corrected chi connectivity index (χ1v) is 2.04. The Hall–Kier alpha value is 0.244. The zero-order valence-corrected chi connectivity index (χ0v) is 7.76. The van der Waals surface area contributed by atoms with E-state index in [2.05, 4.69) is 16.5 Å². The molecule has 0 unspecified atom stereocenters. The predicted octanol–water partition coefficient (Wildman–Crippen LogP) is -0.0788. The summed E-state index contributed by atoms with van der Waals surface area (Å²) in [6.45, 7) is 1.85. The van der Waals surface area contributed by atoms with Gasteiger partial charge in [0.05, 0.1) is 0 Å². The molecule has 1 aromatic rings. The summed E-state index contributed by atoms with van der Waals surface area (Å²) in [5, 5.41) is 7.30. The molecule has 0 aromatic carbocycles. The summed E-state index contributed by atoms with van der Waals surface area (Å²) in [4.78, 5) is 0. The zero-order valence-electron chi connectivity index (χ0n) is 4.92. The Kier molecular flexibility index (Phi) is 3.41. The predicted molar refractivity (Wildman–Crippen MR) is 24.6 cm³/mol. The van der Waals surface area contributed by atoms with Crippen LogP contribution in [0.3, 0.4) is 0 Å². The van der Waals surface area contributed by atoms with Crippen LogP contribution in [0.4, 0.5) is 0 Å². The molecule has 0 N–H and O–H groups in total. The molecular formula is C4H6N3Y-. The van der Waals surface area contributed by atoms with Crippen LogP contribution in [0.15, 0.2) is 0 Å². The van der Waals surface area contributed by atoms with E-state index in [-0.39, 0.29) is 32.7 Å². The van der Waals surface area contributed by atoms with Gasteiger partial charge in [-0.2, -0.15) is 5.10 Å². The molecule has 4 heteroatoms. The molecule has 0 amide bonds. The molecule has 0 spiro atoms. The number of rotatable bonds is 0. The fraction of sp³-hybridized carbons (Fsp3) is 0.500. The maximum absolute atomic E-state index is 3.67. The molecule has 0 bridgehead atoms. The molecule has 0 aliphatic carbocycles. The summed E-state index contributed by atoms with van der Waals surface area (Å²) in [6, 6.07) is 0. The average Bonchev–Trinajstić information content (AvgIpc) is 1.87. The second-order valence-electron chi connectivity index (χ2n) is 1.41. The van der Waals surface area contributed by atoms with Crippen LogP contribution in [0.25, 0.3) is 0 Å². The molecule has 1 radical (unpaired) electrons. The van der Waals surface area contributed by atoms with E-state index in [1.165, 1.54) is 0 Å². The van der Waals surface area contributed by atoms with Gasteiger partial charge in [0.25, 0.3) is 0 Å². The molecule has 1 aromatic heterocycles. The monoisotopic (exact) mass is 185 g/mol. The number of aryl methyl sites for hydroxylation is 2. The third-order valence-electron chi connectivity index (χ3n) is 0.652. The van der Waals surface area contributed by atoms with Crippen molar-refractivity contribution in [2.24, 2.45) is 7.05 Å². The van der Waals surface area contributed by atoms with Crippen molar-refractivity contribution in [1.82, 2.24) is 15.0 Å². The minimum atomic E-state index is 0. The van der Waals surface area contributed by atoms with E-state index in [0.29, 0.717) is 0 Å². The third kappa shape index (κ3) is 2.01. The topological polar surface area (TPSA) is 30.7 Å². The Morgan fingerprint density at radius 3 is 2.38 bits per heavy atom. The summed E-state index contributed by atoms with van der Waals surface area (Å²) < 4.78 is 1.55. The van der Waals surface area contributed by atoms with Gasteiger partial charge in [-0.05, 0) is 7.05 Å². The Morgan fingerprint density at radius 2 is 2.25 bits per heavy atom. The van der Waals surface area contributed by atoms with Crippen molar-refractivity contribution < 1.29 is 32.7 Å². The molecule has 0 saturated carbocycles. The molecule has 0 aliphatic rings. The van der Waals surface area contributed by atoms with Crippen LogP contribution >= 0.6 is 0 Å². The van der Waals surface area contributed by atoms with Gasteiger partial charge < -0.3 is 10.9 Å². The SMILES string of the molecule is Cc1[c-]n(C)nn1.[Y]. The largest absolute Gasteiger partial charge is 0.429 e. The Morgan fingerprint density at radius 1 is 1.62 bits per heavy atom. The van der Waals surface area contributed by atoms with E-state index in [1.807, 2.05) is 6.92 Å². The fourth-order valence-corrected chi connectivity index (χ4v) is 0.413. The molecule has 3 nitrogen and oxygen atoms in total. The Balaban J connectivity index is 0.000000490. The van der Waals surface area contributed by atoms with Crippen molar-refractivity contribution in [3.05, 3.63) is 11.9 Å². The van der Waals surface area contributed by atoms with Gasteiger partial charge in [-0.3, -0.25) is 0 Å². The minimum absolute atomic E-state index is 0. The standard InChI is InChI=1S/C4H6N3.Y/c1-4-3-7(2)6-5-4;/h1-2H3;/q-1;. The van der Waals surface area contributed by atoms with Gasteiger partial charge in [0.1, 0.15) is 0 Å². The van der Waals surface area contributed by atoms with Gasteiger partial charge >= 0.3 is 0 Å². The van der Waals surface area contributed by atoms with Crippen molar-refractivity contribution in [2.75, 3.05) is 0 Å². The van der Waals surface area contributed by atoms with Crippen LogP contribution in [0, 0.1) is 13.1 Å². The number of hydrogen-bond donors (Lipinski definition) is 0.